The number of hydrogen-bond acceptors (Lipinski definition) is 7. The van der Waals surface area contributed by atoms with Gasteiger partial charge < -0.3 is 23.7 Å². The van der Waals surface area contributed by atoms with Gasteiger partial charge in [0.25, 0.3) is 0 Å². The molecular formula is C17H24O7. The molecule has 0 amide bonds. The van der Waals surface area contributed by atoms with Crippen LogP contribution in [0.2, 0.25) is 0 Å². The average molecular weight is 340 g/mol. The van der Waals surface area contributed by atoms with Gasteiger partial charge in [0.05, 0.1) is 18.6 Å². The van der Waals surface area contributed by atoms with E-state index in [1.54, 1.807) is 13.2 Å². The Morgan fingerprint density at radius 2 is 1.79 bits per heavy atom. The molecule has 4 aliphatic rings. The summed E-state index contributed by atoms with van der Waals surface area (Å²) in [7, 11) is 5.68. The Bertz CT molecular complexity index is 608. The van der Waals surface area contributed by atoms with E-state index in [4.69, 9.17) is 23.7 Å². The standard InChI is InChI=1S/C17H24O7/c1-15(21-4)8-11-9-7-10(14(19)20-3)12(16(11,2)24-15)17(22-5,23-6)13(9)18/h7,9,11-12H,8H2,1-6H3/t9-,11+,12+,15?,16+/m1/s1. The van der Waals surface area contributed by atoms with Crippen molar-refractivity contribution < 1.29 is 33.3 Å². The van der Waals surface area contributed by atoms with E-state index in [1.165, 1.54) is 21.3 Å². The molecule has 7 heteroatoms. The number of rotatable bonds is 4. The zero-order valence-electron chi connectivity index (χ0n) is 14.9. The first-order chi connectivity index (χ1) is 11.2. The molecular weight excluding hydrogens is 316 g/mol. The summed E-state index contributed by atoms with van der Waals surface area (Å²) >= 11 is 0. The molecule has 1 saturated heterocycles. The molecule has 0 radical (unpaired) electrons. The molecule has 3 aliphatic carbocycles. The zero-order valence-corrected chi connectivity index (χ0v) is 14.9. The van der Waals surface area contributed by atoms with Crippen LogP contribution in [0.5, 0.6) is 0 Å². The van der Waals surface area contributed by atoms with Crippen LogP contribution in [-0.4, -0.2) is 57.4 Å². The summed E-state index contributed by atoms with van der Waals surface area (Å²) in [5.41, 5.74) is -0.502. The van der Waals surface area contributed by atoms with Gasteiger partial charge in [-0.3, -0.25) is 4.79 Å². The maximum Gasteiger partial charge on any atom is 0.334 e. The first-order valence-corrected chi connectivity index (χ1v) is 7.93. The van der Waals surface area contributed by atoms with Gasteiger partial charge in [-0.05, 0) is 13.8 Å². The highest BCUT2D eigenvalue weighted by Crippen LogP contribution is 2.62. The highest BCUT2D eigenvalue weighted by molar-refractivity contribution is 6.00. The largest absolute Gasteiger partial charge is 0.466 e. The molecule has 134 valence electrons. The summed E-state index contributed by atoms with van der Waals surface area (Å²) in [4.78, 5) is 25.4. The smallest absolute Gasteiger partial charge is 0.334 e. The van der Waals surface area contributed by atoms with Crippen LogP contribution >= 0.6 is 0 Å². The Balaban J connectivity index is 2.20. The first kappa shape index (κ1) is 17.5. The zero-order chi connectivity index (χ0) is 17.9. The van der Waals surface area contributed by atoms with Crippen LogP contribution in [0.25, 0.3) is 0 Å². The molecule has 0 aromatic rings. The molecule has 1 saturated carbocycles. The van der Waals surface area contributed by atoms with Gasteiger partial charge in [-0.2, -0.15) is 0 Å². The number of Topliss-reactive ketones (excluding diaryl/α,β-unsaturated/α-hetero) is 1. The predicted octanol–water partition coefficient (Wildman–Crippen LogP) is 1.06. The number of ether oxygens (including phenoxy) is 5. The number of carbonyl (C=O) groups is 2. The van der Waals surface area contributed by atoms with E-state index < -0.39 is 35.0 Å². The van der Waals surface area contributed by atoms with E-state index in [1.807, 2.05) is 13.8 Å². The molecule has 0 spiro atoms. The van der Waals surface area contributed by atoms with Crippen LogP contribution in [0.4, 0.5) is 0 Å². The molecule has 7 nitrogen and oxygen atoms in total. The number of allylic oxidation sites excluding steroid dienone is 1. The lowest BCUT2D eigenvalue weighted by molar-refractivity contribution is -0.300. The normalized spacial score (nSPS) is 42.7. The van der Waals surface area contributed by atoms with Crippen LogP contribution in [0.1, 0.15) is 20.3 Å². The second kappa shape index (κ2) is 5.36. The Kier molecular flexibility index (Phi) is 3.92. The Morgan fingerprint density at radius 3 is 2.29 bits per heavy atom. The number of carbonyl (C=O) groups excluding carboxylic acids is 2. The van der Waals surface area contributed by atoms with Crippen molar-refractivity contribution in [3.8, 4) is 0 Å². The van der Waals surface area contributed by atoms with Gasteiger partial charge in [0.1, 0.15) is 0 Å². The predicted molar refractivity (Wildman–Crippen MR) is 81.8 cm³/mol. The Labute approximate surface area is 141 Å². The summed E-state index contributed by atoms with van der Waals surface area (Å²) in [5, 5.41) is 0. The number of ketones is 1. The number of esters is 1. The molecule has 2 fully saturated rings. The van der Waals surface area contributed by atoms with Crippen molar-refractivity contribution in [3.63, 3.8) is 0 Å². The lowest BCUT2D eigenvalue weighted by Gasteiger charge is -2.56. The number of fused-ring (bicyclic) bond motifs is 1. The van der Waals surface area contributed by atoms with Crippen molar-refractivity contribution in [2.45, 2.75) is 37.4 Å². The van der Waals surface area contributed by atoms with Gasteiger partial charge in [0.2, 0.25) is 5.79 Å². The van der Waals surface area contributed by atoms with Crippen LogP contribution < -0.4 is 0 Å². The molecule has 0 N–H and O–H groups in total. The summed E-state index contributed by atoms with van der Waals surface area (Å²) in [6.45, 7) is 3.72. The van der Waals surface area contributed by atoms with Crippen molar-refractivity contribution in [1.82, 2.24) is 0 Å². The van der Waals surface area contributed by atoms with Gasteiger partial charge in [-0.1, -0.05) is 6.08 Å². The molecule has 1 heterocycles. The maximum absolute atomic E-state index is 13.1. The molecule has 1 aliphatic heterocycles. The average Bonchev–Trinajstić information content (AvgIpc) is 2.87. The lowest BCUT2D eigenvalue weighted by Crippen LogP contribution is -2.70. The topological polar surface area (TPSA) is 80.3 Å². The van der Waals surface area contributed by atoms with E-state index in [-0.39, 0.29) is 11.7 Å². The third-order valence-corrected chi connectivity index (χ3v) is 5.93. The SMILES string of the molecule is COC(=O)C1=C[C@H]2C(=O)C(OC)(OC)[C@@H]1[C@@]1(C)OC(C)(OC)C[C@@H]21. The van der Waals surface area contributed by atoms with Gasteiger partial charge in [0.15, 0.2) is 11.6 Å². The number of hydrogen-bond donors (Lipinski definition) is 0. The van der Waals surface area contributed by atoms with Crippen LogP contribution in [-0.2, 0) is 33.3 Å². The van der Waals surface area contributed by atoms with E-state index >= 15 is 0 Å². The van der Waals surface area contributed by atoms with Gasteiger partial charge in [-0.15, -0.1) is 0 Å². The fourth-order valence-electron chi connectivity index (χ4n) is 4.82. The highest BCUT2D eigenvalue weighted by Gasteiger charge is 2.74. The van der Waals surface area contributed by atoms with Gasteiger partial charge >= 0.3 is 5.97 Å². The Hall–Kier alpha value is -1.28. The summed E-state index contributed by atoms with van der Waals surface area (Å²) in [6.07, 6.45) is 2.23. The van der Waals surface area contributed by atoms with Crippen LogP contribution in [0, 0.1) is 17.8 Å². The van der Waals surface area contributed by atoms with Crippen LogP contribution in [0.3, 0.4) is 0 Å². The molecule has 24 heavy (non-hydrogen) atoms. The molecule has 1 unspecified atom stereocenters. The van der Waals surface area contributed by atoms with E-state index in [0.717, 1.165) is 0 Å². The highest BCUT2D eigenvalue weighted by atomic mass is 16.7. The van der Waals surface area contributed by atoms with Gasteiger partial charge in [0, 0.05) is 45.2 Å². The minimum absolute atomic E-state index is 0.133. The van der Waals surface area contributed by atoms with Crippen molar-refractivity contribution >= 4 is 11.8 Å². The fraction of sp³-hybridized carbons (Fsp3) is 0.765. The third kappa shape index (κ3) is 1.92. The second-order valence-electron chi connectivity index (χ2n) is 6.95. The summed E-state index contributed by atoms with van der Waals surface area (Å²) in [5.74, 6) is -4.56. The number of methoxy groups -OCH3 is 4. The third-order valence-electron chi connectivity index (χ3n) is 5.93. The molecule has 4 rings (SSSR count). The van der Waals surface area contributed by atoms with E-state index in [2.05, 4.69) is 0 Å². The minimum atomic E-state index is -1.58. The molecule has 2 bridgehead atoms. The van der Waals surface area contributed by atoms with E-state index in [9.17, 15) is 9.59 Å². The quantitative estimate of drug-likeness (QED) is 0.559. The van der Waals surface area contributed by atoms with Crippen molar-refractivity contribution in [2.75, 3.05) is 28.4 Å². The van der Waals surface area contributed by atoms with Crippen LogP contribution in [0.15, 0.2) is 11.6 Å². The molecule has 0 aromatic carbocycles. The van der Waals surface area contributed by atoms with Crippen molar-refractivity contribution in [1.29, 1.82) is 0 Å². The fourth-order valence-corrected chi connectivity index (χ4v) is 4.82. The first-order valence-electron chi connectivity index (χ1n) is 7.93. The van der Waals surface area contributed by atoms with E-state index in [0.29, 0.717) is 12.0 Å². The maximum atomic E-state index is 13.1. The Morgan fingerprint density at radius 1 is 1.17 bits per heavy atom. The summed E-state index contributed by atoms with van der Waals surface area (Å²) in [6, 6.07) is 0. The van der Waals surface area contributed by atoms with Crippen molar-refractivity contribution in [2.24, 2.45) is 17.8 Å². The monoisotopic (exact) mass is 340 g/mol. The van der Waals surface area contributed by atoms with Gasteiger partial charge in [-0.25, -0.2) is 4.79 Å². The minimum Gasteiger partial charge on any atom is -0.466 e. The van der Waals surface area contributed by atoms with Crippen molar-refractivity contribution in [3.05, 3.63) is 11.6 Å². The lowest BCUT2D eigenvalue weighted by atomic mass is 9.54. The molecule has 5 atom stereocenters. The summed E-state index contributed by atoms with van der Waals surface area (Å²) < 4.78 is 27.8. The molecule has 0 aromatic heterocycles. The second-order valence-corrected chi connectivity index (χ2v) is 6.95.